The van der Waals surface area contributed by atoms with Gasteiger partial charge >= 0.3 is 10.1 Å². The fourth-order valence-corrected chi connectivity index (χ4v) is 4.28. The van der Waals surface area contributed by atoms with Gasteiger partial charge in [-0.05, 0) is 55.0 Å². The monoisotopic (exact) mass is 460 g/mol. The molecule has 0 radical (unpaired) electrons. The van der Waals surface area contributed by atoms with Crippen molar-refractivity contribution in [2.24, 2.45) is 5.10 Å². The Balaban J connectivity index is 1.76. The van der Waals surface area contributed by atoms with E-state index in [1.54, 1.807) is 30.3 Å². The van der Waals surface area contributed by atoms with Crippen molar-refractivity contribution in [3.63, 3.8) is 0 Å². The lowest BCUT2D eigenvalue weighted by atomic mass is 10.2. The molecule has 0 amide bonds. The molecule has 0 saturated heterocycles. The van der Waals surface area contributed by atoms with Crippen LogP contribution in [0.2, 0.25) is 0 Å². The molecule has 0 aliphatic carbocycles. The van der Waals surface area contributed by atoms with E-state index in [0.29, 0.717) is 5.56 Å². The lowest BCUT2D eigenvalue weighted by molar-refractivity contribution is 0.390. The number of hydrogen-bond acceptors (Lipinski definition) is 7. The van der Waals surface area contributed by atoms with Crippen molar-refractivity contribution in [1.29, 1.82) is 0 Å². The molecule has 162 valence electrons. The highest BCUT2D eigenvalue weighted by molar-refractivity contribution is 7.89. The molecule has 3 aromatic carbocycles. The normalized spacial score (nSPS) is 11.9. The van der Waals surface area contributed by atoms with Crippen LogP contribution >= 0.6 is 0 Å². The molecule has 0 spiro atoms. The highest BCUT2D eigenvalue weighted by Gasteiger charge is 2.19. The Morgan fingerprint density at radius 2 is 1.52 bits per heavy atom. The molecule has 3 rings (SSSR count). The number of rotatable bonds is 8. The molecule has 0 bridgehead atoms. The quantitative estimate of drug-likeness (QED) is 0.314. The zero-order valence-electron chi connectivity index (χ0n) is 16.7. The summed E-state index contributed by atoms with van der Waals surface area (Å²) in [4.78, 5) is 2.22. The third kappa shape index (κ3) is 5.62. The van der Waals surface area contributed by atoms with Crippen LogP contribution in [-0.4, -0.2) is 30.2 Å². The predicted octanol–water partition coefficient (Wildman–Crippen LogP) is 3.08. The SMILES string of the molecule is COc1cc(/C=N\NS(=O)(=O)c2ccc(C)cc2)ccc1OS(=O)(=O)c1ccccc1. The third-order valence-corrected chi connectivity index (χ3v) is 6.62. The summed E-state index contributed by atoms with van der Waals surface area (Å²) >= 11 is 0. The molecule has 0 fully saturated rings. The summed E-state index contributed by atoms with van der Waals surface area (Å²) in [7, 11) is -6.48. The number of sulfonamides is 1. The molecule has 0 aromatic heterocycles. The lowest BCUT2D eigenvalue weighted by Gasteiger charge is -2.11. The number of aryl methyl sites for hydroxylation is 1. The molecule has 0 heterocycles. The van der Waals surface area contributed by atoms with E-state index in [1.807, 2.05) is 6.92 Å². The van der Waals surface area contributed by atoms with Crippen LogP contribution in [0, 0.1) is 6.92 Å². The summed E-state index contributed by atoms with van der Waals surface area (Å²) in [6, 6.07) is 18.4. The highest BCUT2D eigenvalue weighted by atomic mass is 32.2. The van der Waals surface area contributed by atoms with Gasteiger partial charge in [-0.15, -0.1) is 0 Å². The van der Waals surface area contributed by atoms with Crippen LogP contribution in [0.5, 0.6) is 11.5 Å². The van der Waals surface area contributed by atoms with Crippen LogP contribution in [0.15, 0.2) is 87.7 Å². The molecule has 1 N–H and O–H groups in total. The van der Waals surface area contributed by atoms with Gasteiger partial charge in [0.25, 0.3) is 10.0 Å². The zero-order valence-corrected chi connectivity index (χ0v) is 18.4. The van der Waals surface area contributed by atoms with Gasteiger partial charge in [0.2, 0.25) is 0 Å². The lowest BCUT2D eigenvalue weighted by Crippen LogP contribution is -2.18. The van der Waals surface area contributed by atoms with E-state index in [-0.39, 0.29) is 21.3 Å². The van der Waals surface area contributed by atoms with Gasteiger partial charge in [-0.1, -0.05) is 35.9 Å². The first-order valence-corrected chi connectivity index (χ1v) is 11.9. The minimum atomic E-state index is -4.03. The minimum Gasteiger partial charge on any atom is -0.493 e. The first-order valence-electron chi connectivity index (χ1n) is 9.00. The van der Waals surface area contributed by atoms with Crippen LogP contribution in [0.4, 0.5) is 0 Å². The summed E-state index contributed by atoms with van der Waals surface area (Å²) in [6.45, 7) is 1.85. The molecule has 0 atom stereocenters. The predicted molar refractivity (Wildman–Crippen MR) is 116 cm³/mol. The van der Waals surface area contributed by atoms with Crippen molar-refractivity contribution in [3.8, 4) is 11.5 Å². The second-order valence-corrected chi connectivity index (χ2v) is 9.63. The Labute approximate surface area is 181 Å². The second-order valence-electron chi connectivity index (χ2n) is 6.43. The van der Waals surface area contributed by atoms with Gasteiger partial charge in [0.1, 0.15) is 4.90 Å². The molecule has 0 saturated carbocycles. The average Bonchev–Trinajstić information content (AvgIpc) is 2.75. The molecule has 0 unspecified atom stereocenters. The second kappa shape index (κ2) is 9.19. The van der Waals surface area contributed by atoms with E-state index in [9.17, 15) is 16.8 Å². The number of ether oxygens (including phenoxy) is 1. The zero-order chi connectivity index (χ0) is 22.5. The number of methoxy groups -OCH3 is 1. The van der Waals surface area contributed by atoms with Crippen LogP contribution < -0.4 is 13.8 Å². The van der Waals surface area contributed by atoms with Crippen molar-refractivity contribution in [2.75, 3.05) is 7.11 Å². The van der Waals surface area contributed by atoms with Crippen LogP contribution in [0.3, 0.4) is 0 Å². The number of hydrogen-bond donors (Lipinski definition) is 1. The number of nitrogens with one attached hydrogen (secondary N) is 1. The minimum absolute atomic E-state index is 0.00760. The van der Waals surface area contributed by atoms with E-state index in [2.05, 4.69) is 9.93 Å². The van der Waals surface area contributed by atoms with Gasteiger partial charge in [0, 0.05) is 0 Å². The molecular weight excluding hydrogens is 440 g/mol. The molecule has 0 aliphatic heterocycles. The highest BCUT2D eigenvalue weighted by Crippen LogP contribution is 2.30. The summed E-state index contributed by atoms with van der Waals surface area (Å²) < 4.78 is 59.7. The summed E-state index contributed by atoms with van der Waals surface area (Å²) in [6.07, 6.45) is 1.27. The summed E-state index contributed by atoms with van der Waals surface area (Å²) in [5, 5.41) is 3.76. The number of benzene rings is 3. The van der Waals surface area contributed by atoms with Crippen molar-refractivity contribution in [3.05, 3.63) is 83.9 Å². The largest absolute Gasteiger partial charge is 0.493 e. The molecule has 3 aromatic rings. The van der Waals surface area contributed by atoms with E-state index >= 15 is 0 Å². The topological polar surface area (TPSA) is 111 Å². The van der Waals surface area contributed by atoms with Gasteiger partial charge in [-0.2, -0.15) is 21.9 Å². The van der Waals surface area contributed by atoms with Gasteiger partial charge in [0.15, 0.2) is 11.5 Å². The molecule has 10 heteroatoms. The Bertz CT molecular complexity index is 1290. The van der Waals surface area contributed by atoms with Crippen molar-refractivity contribution in [1.82, 2.24) is 4.83 Å². The van der Waals surface area contributed by atoms with E-state index in [4.69, 9.17) is 8.92 Å². The van der Waals surface area contributed by atoms with Gasteiger partial charge in [-0.3, -0.25) is 0 Å². The standard InChI is InChI=1S/C21H20N2O6S2/c1-16-8-11-18(12-9-16)30(24,25)23-22-15-17-10-13-20(21(14-17)28-2)29-31(26,27)19-6-4-3-5-7-19/h3-15,23H,1-2H3/b22-15-. The third-order valence-electron chi connectivity index (χ3n) is 4.14. The number of nitrogens with zero attached hydrogens (tertiary/aromatic N) is 1. The van der Waals surface area contributed by atoms with Crippen LogP contribution in [0.25, 0.3) is 0 Å². The molecule has 0 aliphatic rings. The Kier molecular flexibility index (Phi) is 6.62. The maximum Gasteiger partial charge on any atom is 0.339 e. The average molecular weight is 461 g/mol. The van der Waals surface area contributed by atoms with Crippen molar-refractivity contribution in [2.45, 2.75) is 16.7 Å². The molecular formula is C21H20N2O6S2. The first-order chi connectivity index (χ1) is 14.7. The first kappa shape index (κ1) is 22.3. The summed E-state index contributed by atoms with van der Waals surface area (Å²) in [5.41, 5.74) is 1.40. The maximum atomic E-state index is 12.4. The Morgan fingerprint density at radius 3 is 2.16 bits per heavy atom. The Morgan fingerprint density at radius 1 is 0.839 bits per heavy atom. The van der Waals surface area contributed by atoms with Crippen molar-refractivity contribution < 1.29 is 25.8 Å². The van der Waals surface area contributed by atoms with Crippen molar-refractivity contribution >= 4 is 26.4 Å². The summed E-state index contributed by atoms with van der Waals surface area (Å²) in [5.74, 6) is 0.133. The molecule has 31 heavy (non-hydrogen) atoms. The van der Waals surface area contributed by atoms with Crippen LogP contribution in [0.1, 0.15) is 11.1 Å². The fourth-order valence-electron chi connectivity index (χ4n) is 2.53. The van der Waals surface area contributed by atoms with Gasteiger partial charge in [-0.25, -0.2) is 4.83 Å². The molecule has 8 nitrogen and oxygen atoms in total. The Hall–Kier alpha value is -3.37. The smallest absolute Gasteiger partial charge is 0.339 e. The van der Waals surface area contributed by atoms with E-state index in [1.165, 1.54) is 55.8 Å². The van der Waals surface area contributed by atoms with Crippen LogP contribution in [-0.2, 0) is 20.1 Å². The fraction of sp³-hybridized carbons (Fsp3) is 0.0952. The van der Waals surface area contributed by atoms with Gasteiger partial charge < -0.3 is 8.92 Å². The van der Waals surface area contributed by atoms with Gasteiger partial charge in [0.05, 0.1) is 18.2 Å². The van der Waals surface area contributed by atoms with E-state index < -0.39 is 20.1 Å². The maximum absolute atomic E-state index is 12.4. The number of hydrazone groups is 1. The van der Waals surface area contributed by atoms with E-state index in [0.717, 1.165) is 5.56 Å².